The van der Waals surface area contributed by atoms with Gasteiger partial charge in [0.05, 0.1) is 0 Å². The van der Waals surface area contributed by atoms with Crippen LogP contribution in [-0.4, -0.2) is 25.9 Å². The highest BCUT2D eigenvalue weighted by Crippen LogP contribution is 2.56. The van der Waals surface area contributed by atoms with Crippen molar-refractivity contribution in [2.24, 2.45) is 23.2 Å². The lowest BCUT2D eigenvalue weighted by Crippen LogP contribution is -2.45. The molecule has 1 aliphatic carbocycles. The molecule has 2 rings (SSSR count). The Balaban J connectivity index is 1.68. The highest BCUT2D eigenvalue weighted by molar-refractivity contribution is 6.04. The van der Waals surface area contributed by atoms with Crippen molar-refractivity contribution in [1.29, 1.82) is 0 Å². The van der Waals surface area contributed by atoms with E-state index in [9.17, 15) is 0 Å². The van der Waals surface area contributed by atoms with E-state index in [1.165, 1.54) is 58.0 Å². The van der Waals surface area contributed by atoms with Crippen molar-refractivity contribution in [3.63, 3.8) is 0 Å². The van der Waals surface area contributed by atoms with Crippen LogP contribution >= 0.6 is 0 Å². The van der Waals surface area contributed by atoms with Crippen LogP contribution in [0.5, 0.6) is 0 Å². The fraction of sp³-hybridized carbons (Fsp3) is 1.00. The van der Waals surface area contributed by atoms with Gasteiger partial charge in [-0.1, -0.05) is 52.9 Å². The molecular formula is C16H32BN. The third-order valence-electron chi connectivity index (χ3n) is 5.87. The summed E-state index contributed by atoms with van der Waals surface area (Å²) in [4.78, 5) is 2.55. The first kappa shape index (κ1) is 14.4. The van der Waals surface area contributed by atoms with E-state index in [1.54, 1.807) is 0 Å². The molecule has 2 fully saturated rings. The van der Waals surface area contributed by atoms with Crippen molar-refractivity contribution >= 4 is 7.98 Å². The Bertz CT molecular complexity index is 260. The van der Waals surface area contributed by atoms with Gasteiger partial charge in [0.15, 0.2) is 7.98 Å². The molecule has 0 aromatic carbocycles. The van der Waals surface area contributed by atoms with E-state index >= 15 is 0 Å². The minimum Gasteiger partial charge on any atom is -0.348 e. The molecule has 18 heavy (non-hydrogen) atoms. The number of hydrogen-bond donors (Lipinski definition) is 0. The first-order chi connectivity index (χ1) is 8.57. The van der Waals surface area contributed by atoms with E-state index in [1.807, 2.05) is 0 Å². The van der Waals surface area contributed by atoms with E-state index in [4.69, 9.17) is 0 Å². The van der Waals surface area contributed by atoms with Gasteiger partial charge < -0.3 is 4.81 Å². The normalized spacial score (nSPS) is 37.9. The molecule has 0 amide bonds. The molecule has 0 aromatic heterocycles. The van der Waals surface area contributed by atoms with E-state index in [0.29, 0.717) is 0 Å². The number of nitrogens with zero attached hydrogens (tertiary/aromatic N) is 1. The van der Waals surface area contributed by atoms with Gasteiger partial charge in [-0.05, 0) is 49.1 Å². The first-order valence-corrected chi connectivity index (χ1v) is 8.26. The Morgan fingerprint density at radius 1 is 1.28 bits per heavy atom. The molecule has 1 nitrogen and oxygen atoms in total. The smallest absolute Gasteiger partial charge is 0.185 e. The summed E-state index contributed by atoms with van der Waals surface area (Å²) >= 11 is 0. The van der Waals surface area contributed by atoms with Crippen LogP contribution in [0, 0.1) is 23.2 Å². The standard InChI is InChI=1S/C16H32BN/c1-4-5-6-7-8-13(2)15-9-16(10-15)12-18(17)11-14(16)3/h13-15H,4-12,17H2,1-3H3. The van der Waals surface area contributed by atoms with Crippen molar-refractivity contribution in [3.05, 3.63) is 0 Å². The molecule has 2 atom stereocenters. The van der Waals surface area contributed by atoms with Crippen LogP contribution in [0.1, 0.15) is 65.7 Å². The SMILES string of the molecule is BN1CC(C)C2(CC(C(C)CCCCCC)C2)C1. The van der Waals surface area contributed by atoms with Crippen molar-refractivity contribution in [2.45, 2.75) is 65.7 Å². The third kappa shape index (κ3) is 2.95. The second kappa shape index (κ2) is 5.99. The van der Waals surface area contributed by atoms with Gasteiger partial charge in [0.1, 0.15) is 0 Å². The predicted molar refractivity (Wildman–Crippen MR) is 82.4 cm³/mol. The second-order valence-corrected chi connectivity index (χ2v) is 7.46. The van der Waals surface area contributed by atoms with Gasteiger partial charge >= 0.3 is 0 Å². The minimum atomic E-state index is 0.719. The zero-order valence-corrected chi connectivity index (χ0v) is 13.0. The quantitative estimate of drug-likeness (QED) is 0.514. The summed E-state index contributed by atoms with van der Waals surface area (Å²) in [6, 6.07) is 0. The van der Waals surface area contributed by atoms with Crippen LogP contribution < -0.4 is 0 Å². The molecule has 0 aromatic rings. The maximum Gasteiger partial charge on any atom is 0.185 e. The molecule has 0 radical (unpaired) electrons. The lowest BCUT2D eigenvalue weighted by atomic mass is 9.54. The van der Waals surface area contributed by atoms with E-state index in [-0.39, 0.29) is 0 Å². The maximum atomic E-state index is 2.55. The Labute approximate surface area is 115 Å². The number of rotatable bonds is 6. The van der Waals surface area contributed by atoms with Crippen LogP contribution in [0.15, 0.2) is 0 Å². The van der Waals surface area contributed by atoms with Gasteiger partial charge in [-0.25, -0.2) is 0 Å². The molecule has 2 aliphatic rings. The van der Waals surface area contributed by atoms with Crippen molar-refractivity contribution in [2.75, 3.05) is 13.1 Å². The fourth-order valence-corrected chi connectivity index (χ4v) is 4.47. The first-order valence-electron chi connectivity index (χ1n) is 8.26. The molecule has 1 heterocycles. The Hall–Kier alpha value is 0.0249. The maximum absolute atomic E-state index is 2.55. The summed E-state index contributed by atoms with van der Waals surface area (Å²) in [5, 5.41) is 0. The van der Waals surface area contributed by atoms with Gasteiger partial charge in [0, 0.05) is 0 Å². The number of hydrogen-bond acceptors (Lipinski definition) is 1. The fourth-order valence-electron chi connectivity index (χ4n) is 4.47. The molecule has 1 saturated heterocycles. The highest BCUT2D eigenvalue weighted by atomic mass is 15.1. The minimum absolute atomic E-state index is 0.719. The Morgan fingerprint density at radius 3 is 2.56 bits per heavy atom. The monoisotopic (exact) mass is 249 g/mol. The predicted octanol–water partition coefficient (Wildman–Crippen LogP) is 3.49. The average Bonchev–Trinajstić information content (AvgIpc) is 2.57. The Morgan fingerprint density at radius 2 is 2.00 bits per heavy atom. The zero-order chi connectivity index (χ0) is 13.2. The van der Waals surface area contributed by atoms with Gasteiger partial charge in [-0.3, -0.25) is 0 Å². The molecule has 2 unspecified atom stereocenters. The Kier molecular flexibility index (Phi) is 4.80. The summed E-state index contributed by atoms with van der Waals surface area (Å²) in [5.74, 6) is 2.96. The lowest BCUT2D eigenvalue weighted by Gasteiger charge is -2.51. The molecule has 104 valence electrons. The van der Waals surface area contributed by atoms with Crippen LogP contribution in [0.3, 0.4) is 0 Å². The summed E-state index contributed by atoms with van der Waals surface area (Å²) < 4.78 is 0. The average molecular weight is 249 g/mol. The van der Waals surface area contributed by atoms with Crippen molar-refractivity contribution in [1.82, 2.24) is 4.81 Å². The summed E-state index contributed by atoms with van der Waals surface area (Å²) in [5.41, 5.74) is 0.719. The van der Waals surface area contributed by atoms with Crippen LogP contribution in [-0.2, 0) is 0 Å². The van der Waals surface area contributed by atoms with Crippen molar-refractivity contribution < 1.29 is 0 Å². The van der Waals surface area contributed by atoms with Gasteiger partial charge in [-0.2, -0.15) is 0 Å². The second-order valence-electron chi connectivity index (χ2n) is 7.46. The summed E-state index contributed by atoms with van der Waals surface area (Å²) in [6.45, 7) is 9.99. The molecule has 1 saturated carbocycles. The zero-order valence-electron chi connectivity index (χ0n) is 13.0. The van der Waals surface area contributed by atoms with Gasteiger partial charge in [0.25, 0.3) is 0 Å². The number of unbranched alkanes of at least 4 members (excludes halogenated alkanes) is 3. The van der Waals surface area contributed by atoms with Crippen LogP contribution in [0.4, 0.5) is 0 Å². The highest BCUT2D eigenvalue weighted by Gasteiger charge is 2.52. The van der Waals surface area contributed by atoms with E-state index in [2.05, 4.69) is 33.6 Å². The molecular weight excluding hydrogens is 217 g/mol. The van der Waals surface area contributed by atoms with Gasteiger partial charge in [-0.15, -0.1) is 0 Å². The molecule has 0 bridgehead atoms. The largest absolute Gasteiger partial charge is 0.348 e. The molecule has 1 aliphatic heterocycles. The van der Waals surface area contributed by atoms with E-state index < -0.39 is 0 Å². The molecule has 2 heteroatoms. The van der Waals surface area contributed by atoms with Gasteiger partial charge in [0.2, 0.25) is 0 Å². The molecule has 0 N–H and O–H groups in total. The summed E-state index contributed by atoms with van der Waals surface area (Å²) in [6.07, 6.45) is 10.2. The summed E-state index contributed by atoms with van der Waals surface area (Å²) in [7, 11) is 2.30. The topological polar surface area (TPSA) is 3.24 Å². The van der Waals surface area contributed by atoms with Crippen molar-refractivity contribution in [3.8, 4) is 0 Å². The third-order valence-corrected chi connectivity index (χ3v) is 5.87. The van der Waals surface area contributed by atoms with Crippen LogP contribution in [0.2, 0.25) is 0 Å². The lowest BCUT2D eigenvalue weighted by molar-refractivity contribution is 0.000769. The molecule has 1 spiro atoms. The van der Waals surface area contributed by atoms with Crippen LogP contribution in [0.25, 0.3) is 0 Å². The van der Waals surface area contributed by atoms with E-state index in [0.717, 1.165) is 23.2 Å².